The minimum Gasteiger partial charge on any atom is -0.457 e. The molecule has 2 rings (SSSR count). The van der Waals surface area contributed by atoms with Crippen LogP contribution >= 0.6 is 0 Å². The minimum atomic E-state index is -1.61. The number of nitrogens with zero attached hydrogens (tertiary/aromatic N) is 1. The molecule has 8 heteroatoms. The number of alkyl halides is 1. The van der Waals surface area contributed by atoms with Gasteiger partial charge in [-0.1, -0.05) is 0 Å². The van der Waals surface area contributed by atoms with E-state index < -0.39 is 48.0 Å². The molecule has 1 aromatic carbocycles. The monoisotopic (exact) mass is 397 g/mol. The molecule has 0 bridgehead atoms. The van der Waals surface area contributed by atoms with Crippen LogP contribution in [0.5, 0.6) is 0 Å². The van der Waals surface area contributed by atoms with Crippen molar-refractivity contribution in [2.75, 3.05) is 19.7 Å². The first kappa shape index (κ1) is 21.8. The molecule has 1 saturated heterocycles. The summed E-state index contributed by atoms with van der Waals surface area (Å²) in [6.45, 7) is 5.97. The smallest absolute Gasteiger partial charge is 0.410 e. The van der Waals surface area contributed by atoms with Crippen LogP contribution in [0.2, 0.25) is 0 Å². The summed E-state index contributed by atoms with van der Waals surface area (Å²) in [6, 6.07) is 3.83. The largest absolute Gasteiger partial charge is 0.457 e. The predicted octanol–water partition coefficient (Wildman–Crippen LogP) is 3.46. The van der Waals surface area contributed by atoms with Crippen LogP contribution in [0, 0.1) is 18.7 Å². The number of hydrogen-bond donors (Lipinski definition) is 0. The Hall–Kier alpha value is -2.51. The Balaban J connectivity index is 1.87. The van der Waals surface area contributed by atoms with E-state index in [2.05, 4.69) is 0 Å². The van der Waals surface area contributed by atoms with Crippen molar-refractivity contribution in [3.63, 3.8) is 0 Å². The lowest BCUT2D eigenvalue weighted by molar-refractivity contribution is -0.151. The van der Waals surface area contributed by atoms with Crippen molar-refractivity contribution in [2.45, 2.75) is 45.9 Å². The fourth-order valence-corrected chi connectivity index (χ4v) is 2.81. The molecule has 1 heterocycles. The third kappa shape index (κ3) is 5.74. The number of likely N-dealkylation sites (tertiary alicyclic amines) is 1. The number of benzene rings is 1. The van der Waals surface area contributed by atoms with Crippen LogP contribution in [0.25, 0.3) is 0 Å². The van der Waals surface area contributed by atoms with Gasteiger partial charge in [-0.15, -0.1) is 0 Å². The molecule has 1 fully saturated rings. The molecule has 0 saturated carbocycles. The average Bonchev–Trinajstić information content (AvgIpc) is 2.60. The van der Waals surface area contributed by atoms with Gasteiger partial charge in [0.25, 0.3) is 0 Å². The Morgan fingerprint density at radius 2 is 1.93 bits per heavy atom. The first-order valence-electron chi connectivity index (χ1n) is 9.06. The number of amides is 1. The summed E-state index contributed by atoms with van der Waals surface area (Å²) in [5.74, 6) is -2.83. The van der Waals surface area contributed by atoms with Gasteiger partial charge < -0.3 is 14.4 Å². The summed E-state index contributed by atoms with van der Waals surface area (Å²) in [4.78, 5) is 37.5. The molecular weight excluding hydrogens is 372 g/mol. The first-order valence-corrected chi connectivity index (χ1v) is 9.06. The third-order valence-corrected chi connectivity index (χ3v) is 4.32. The van der Waals surface area contributed by atoms with E-state index in [9.17, 15) is 23.2 Å². The van der Waals surface area contributed by atoms with Crippen molar-refractivity contribution in [1.29, 1.82) is 0 Å². The van der Waals surface area contributed by atoms with Crippen LogP contribution in [-0.4, -0.2) is 54.2 Å². The number of carbonyl (C=O) groups excluding carboxylic acids is 3. The normalized spacial score (nSPS) is 19.9. The lowest BCUT2D eigenvalue weighted by Crippen LogP contribution is -2.49. The van der Waals surface area contributed by atoms with E-state index in [1.54, 1.807) is 20.8 Å². The van der Waals surface area contributed by atoms with Gasteiger partial charge in [0.05, 0.1) is 12.5 Å². The van der Waals surface area contributed by atoms with E-state index in [1.165, 1.54) is 24.0 Å². The highest BCUT2D eigenvalue weighted by molar-refractivity contribution is 5.98. The van der Waals surface area contributed by atoms with Gasteiger partial charge in [-0.25, -0.2) is 13.6 Å². The number of ketones is 1. The van der Waals surface area contributed by atoms with Gasteiger partial charge >= 0.3 is 12.1 Å². The van der Waals surface area contributed by atoms with E-state index in [4.69, 9.17) is 9.47 Å². The Morgan fingerprint density at radius 3 is 2.50 bits per heavy atom. The lowest BCUT2D eigenvalue weighted by Gasteiger charge is -2.34. The molecule has 0 aromatic heterocycles. The number of Topliss-reactive ketones (excluding diaryl/α,β-unsaturated/α-hetero) is 1. The van der Waals surface area contributed by atoms with Crippen molar-refractivity contribution >= 4 is 17.8 Å². The number of piperidine rings is 1. The lowest BCUT2D eigenvalue weighted by atomic mass is 9.95. The zero-order valence-corrected chi connectivity index (χ0v) is 16.5. The van der Waals surface area contributed by atoms with Gasteiger partial charge in [-0.2, -0.15) is 0 Å². The molecule has 0 aliphatic carbocycles. The number of carbonyl (C=O) groups is 3. The fraction of sp³-hybridized carbons (Fsp3) is 0.550. The molecule has 0 spiro atoms. The Morgan fingerprint density at radius 1 is 1.25 bits per heavy atom. The van der Waals surface area contributed by atoms with Crippen LogP contribution in [0.1, 0.15) is 43.1 Å². The molecule has 0 N–H and O–H groups in total. The highest BCUT2D eigenvalue weighted by Crippen LogP contribution is 2.24. The Kier molecular flexibility index (Phi) is 6.74. The van der Waals surface area contributed by atoms with E-state index in [-0.39, 0.29) is 25.1 Å². The molecule has 28 heavy (non-hydrogen) atoms. The van der Waals surface area contributed by atoms with Crippen LogP contribution in [-0.2, 0) is 14.3 Å². The van der Waals surface area contributed by atoms with Gasteiger partial charge in [-0.3, -0.25) is 9.59 Å². The highest BCUT2D eigenvalue weighted by Gasteiger charge is 2.38. The topological polar surface area (TPSA) is 72.9 Å². The van der Waals surface area contributed by atoms with E-state index in [0.717, 1.165) is 6.07 Å². The van der Waals surface area contributed by atoms with Gasteiger partial charge in [0.15, 0.2) is 12.4 Å². The summed E-state index contributed by atoms with van der Waals surface area (Å²) < 4.78 is 37.8. The average molecular weight is 397 g/mol. The second-order valence-electron chi connectivity index (χ2n) is 7.83. The molecular formula is C20H25F2NO5. The highest BCUT2D eigenvalue weighted by atomic mass is 19.1. The number of halogens is 2. The maximum absolute atomic E-state index is 14.4. The molecule has 2 unspecified atom stereocenters. The van der Waals surface area contributed by atoms with Gasteiger partial charge in [-0.05, 0) is 57.9 Å². The zero-order chi connectivity index (χ0) is 21.1. The second kappa shape index (κ2) is 8.67. The fourth-order valence-electron chi connectivity index (χ4n) is 2.81. The molecule has 1 aromatic rings. The zero-order valence-electron chi connectivity index (χ0n) is 16.5. The number of aryl methyl sites for hydroxylation is 1. The number of esters is 1. The second-order valence-corrected chi connectivity index (χ2v) is 7.83. The maximum Gasteiger partial charge on any atom is 0.410 e. The minimum absolute atomic E-state index is 0.0725. The van der Waals surface area contributed by atoms with Crippen molar-refractivity contribution in [3.8, 4) is 0 Å². The van der Waals surface area contributed by atoms with Crippen LogP contribution in [0.15, 0.2) is 18.2 Å². The van der Waals surface area contributed by atoms with E-state index >= 15 is 0 Å². The Bertz CT molecular complexity index is 759. The molecule has 2 atom stereocenters. The molecule has 1 aliphatic rings. The number of ether oxygens (including phenoxy) is 2. The first-order chi connectivity index (χ1) is 13.0. The van der Waals surface area contributed by atoms with Gasteiger partial charge in [0.1, 0.15) is 17.6 Å². The predicted molar refractivity (Wildman–Crippen MR) is 97.2 cm³/mol. The standard InChI is InChI=1S/C20H25F2NO5/c1-12-9-13(5-6-15(12)21)17(24)11-27-18(25)14-7-8-23(10-16(14)22)19(26)28-20(2,3)4/h5-6,9,14,16H,7-8,10-11H2,1-4H3. The van der Waals surface area contributed by atoms with Crippen molar-refractivity contribution in [1.82, 2.24) is 4.90 Å². The van der Waals surface area contributed by atoms with Gasteiger partial charge in [0, 0.05) is 12.1 Å². The summed E-state index contributed by atoms with van der Waals surface area (Å²) in [5.41, 5.74) is -0.184. The van der Waals surface area contributed by atoms with E-state index in [1.807, 2.05) is 0 Å². The molecule has 154 valence electrons. The summed E-state index contributed by atoms with van der Waals surface area (Å²) >= 11 is 0. The maximum atomic E-state index is 14.4. The Labute approximate surface area is 162 Å². The van der Waals surface area contributed by atoms with Crippen molar-refractivity contribution in [2.24, 2.45) is 5.92 Å². The SMILES string of the molecule is Cc1cc(C(=O)COC(=O)C2CCN(C(=O)OC(C)(C)C)CC2F)ccc1F. The van der Waals surface area contributed by atoms with Crippen LogP contribution in [0.3, 0.4) is 0 Å². The molecule has 6 nitrogen and oxygen atoms in total. The van der Waals surface area contributed by atoms with Gasteiger partial charge in [0.2, 0.25) is 0 Å². The number of hydrogen-bond acceptors (Lipinski definition) is 5. The third-order valence-electron chi connectivity index (χ3n) is 4.32. The van der Waals surface area contributed by atoms with Crippen LogP contribution in [0.4, 0.5) is 13.6 Å². The van der Waals surface area contributed by atoms with Crippen molar-refractivity contribution in [3.05, 3.63) is 35.1 Å². The van der Waals surface area contributed by atoms with E-state index in [0.29, 0.717) is 5.56 Å². The summed E-state index contributed by atoms with van der Waals surface area (Å²) in [6.07, 6.45) is -2.18. The van der Waals surface area contributed by atoms with Crippen molar-refractivity contribution < 1.29 is 32.6 Å². The molecule has 1 aliphatic heterocycles. The molecule has 0 radical (unpaired) electrons. The van der Waals surface area contributed by atoms with Crippen LogP contribution < -0.4 is 0 Å². The number of rotatable bonds is 4. The summed E-state index contributed by atoms with van der Waals surface area (Å²) in [5, 5.41) is 0. The molecule has 1 amide bonds. The summed E-state index contributed by atoms with van der Waals surface area (Å²) in [7, 11) is 0. The quantitative estimate of drug-likeness (QED) is 0.575.